The first-order chi connectivity index (χ1) is 20.1. The SMILES string of the molecule is Cc1cc(N2C=NCC2)cc2[nH]c(-c3c(N[C@H](CO)Cc4ccc(OCc5ccccc5)cc4)cc[nH]c3=O)nc12. The molecule has 9 nitrogen and oxygen atoms in total. The van der Waals surface area contributed by atoms with Gasteiger partial charge in [0.15, 0.2) is 0 Å². The third-order valence-electron chi connectivity index (χ3n) is 7.22. The largest absolute Gasteiger partial charge is 0.489 e. The quantitative estimate of drug-likeness (QED) is 0.201. The van der Waals surface area contributed by atoms with Crippen molar-refractivity contribution in [2.24, 2.45) is 4.99 Å². The minimum Gasteiger partial charge on any atom is -0.489 e. The zero-order valence-corrected chi connectivity index (χ0v) is 22.8. The van der Waals surface area contributed by atoms with Crippen LogP contribution >= 0.6 is 0 Å². The fourth-order valence-corrected chi connectivity index (χ4v) is 5.09. The monoisotopic (exact) mass is 548 g/mol. The highest BCUT2D eigenvalue weighted by atomic mass is 16.5. The topological polar surface area (TPSA) is 119 Å². The summed E-state index contributed by atoms with van der Waals surface area (Å²) < 4.78 is 5.90. The zero-order valence-electron chi connectivity index (χ0n) is 22.8. The second-order valence-corrected chi connectivity index (χ2v) is 10.2. The molecule has 0 amide bonds. The van der Waals surface area contributed by atoms with Crippen LogP contribution in [0.3, 0.4) is 0 Å². The van der Waals surface area contributed by atoms with Crippen molar-refractivity contribution < 1.29 is 9.84 Å². The summed E-state index contributed by atoms with van der Waals surface area (Å²) >= 11 is 0. The smallest absolute Gasteiger partial charge is 0.261 e. The molecule has 0 radical (unpaired) electrons. The maximum Gasteiger partial charge on any atom is 0.261 e. The Labute approximate surface area is 237 Å². The van der Waals surface area contributed by atoms with Gasteiger partial charge in [0, 0.05) is 18.4 Å². The molecule has 9 heteroatoms. The summed E-state index contributed by atoms with van der Waals surface area (Å²) in [6.45, 7) is 4.01. The maximum atomic E-state index is 13.1. The van der Waals surface area contributed by atoms with Crippen LogP contribution in [0.5, 0.6) is 5.75 Å². The van der Waals surface area contributed by atoms with Gasteiger partial charge in [-0.15, -0.1) is 0 Å². The Balaban J connectivity index is 1.20. The lowest BCUT2D eigenvalue weighted by Gasteiger charge is -2.19. The molecule has 0 unspecified atom stereocenters. The summed E-state index contributed by atoms with van der Waals surface area (Å²) in [5.74, 6) is 1.25. The number of hydrogen-bond acceptors (Lipinski definition) is 7. The minimum absolute atomic E-state index is 0.113. The van der Waals surface area contributed by atoms with Gasteiger partial charge in [-0.25, -0.2) is 4.98 Å². The molecule has 41 heavy (non-hydrogen) atoms. The van der Waals surface area contributed by atoms with Crippen molar-refractivity contribution in [1.82, 2.24) is 15.0 Å². The lowest BCUT2D eigenvalue weighted by Crippen LogP contribution is -2.28. The first kappa shape index (κ1) is 26.3. The van der Waals surface area contributed by atoms with Crippen LogP contribution in [0.4, 0.5) is 11.4 Å². The number of aromatic amines is 2. The van der Waals surface area contributed by atoms with Crippen molar-refractivity contribution in [3.8, 4) is 17.1 Å². The number of rotatable bonds is 10. The molecular weight excluding hydrogens is 516 g/mol. The second-order valence-electron chi connectivity index (χ2n) is 10.2. The first-order valence-corrected chi connectivity index (χ1v) is 13.7. The molecule has 0 bridgehead atoms. The van der Waals surface area contributed by atoms with E-state index in [0.717, 1.165) is 52.3 Å². The van der Waals surface area contributed by atoms with Crippen molar-refractivity contribution in [3.63, 3.8) is 0 Å². The van der Waals surface area contributed by atoms with Gasteiger partial charge < -0.3 is 30.0 Å². The van der Waals surface area contributed by atoms with Crippen LogP contribution in [0.25, 0.3) is 22.4 Å². The molecule has 3 heterocycles. The highest BCUT2D eigenvalue weighted by Gasteiger charge is 2.19. The van der Waals surface area contributed by atoms with E-state index in [1.165, 1.54) is 0 Å². The molecule has 0 saturated heterocycles. The number of H-pyrrole nitrogens is 2. The lowest BCUT2D eigenvalue weighted by molar-refractivity contribution is 0.273. The number of fused-ring (bicyclic) bond motifs is 1. The van der Waals surface area contributed by atoms with Crippen molar-refractivity contribution in [2.75, 3.05) is 29.9 Å². The van der Waals surface area contributed by atoms with E-state index in [-0.39, 0.29) is 18.2 Å². The number of nitrogens with one attached hydrogen (secondary N) is 3. The van der Waals surface area contributed by atoms with Gasteiger partial charge in [0.2, 0.25) is 0 Å². The minimum atomic E-state index is -0.321. The molecule has 4 N–H and O–H groups in total. The number of benzene rings is 3. The van der Waals surface area contributed by atoms with Gasteiger partial charge in [0.25, 0.3) is 5.56 Å². The van der Waals surface area contributed by atoms with Crippen LogP contribution in [0.15, 0.2) is 88.8 Å². The Kier molecular flexibility index (Phi) is 7.51. The average molecular weight is 549 g/mol. The number of hydrogen-bond donors (Lipinski definition) is 4. The van der Waals surface area contributed by atoms with E-state index in [1.807, 2.05) is 73.9 Å². The number of aryl methyl sites for hydroxylation is 1. The molecule has 1 aliphatic rings. The molecule has 208 valence electrons. The van der Waals surface area contributed by atoms with Gasteiger partial charge in [-0.3, -0.25) is 9.79 Å². The standard InChI is InChI=1S/C32H32N6O3/c1-21-15-25(38-14-13-33-20-38)17-28-30(21)37-31(36-28)29-27(11-12-34-32(29)40)35-24(18-39)16-22-7-9-26(10-8-22)41-19-23-5-3-2-4-6-23/h2-12,15,17,20,24,39H,13-14,16,18-19H2,1H3,(H,36,37)(H2,34,35,40)/t24-/m0/s1. The van der Waals surface area contributed by atoms with Crippen molar-refractivity contribution in [1.29, 1.82) is 0 Å². The molecule has 0 aliphatic carbocycles. The highest BCUT2D eigenvalue weighted by molar-refractivity contribution is 5.91. The van der Waals surface area contributed by atoms with Crippen molar-refractivity contribution in [2.45, 2.75) is 26.0 Å². The van der Waals surface area contributed by atoms with Crippen molar-refractivity contribution in [3.05, 3.63) is 106 Å². The van der Waals surface area contributed by atoms with E-state index in [2.05, 4.69) is 31.2 Å². The second kappa shape index (κ2) is 11.7. The Bertz CT molecular complexity index is 1730. The number of aromatic nitrogens is 3. The van der Waals surface area contributed by atoms with Crippen LogP contribution in [0.1, 0.15) is 16.7 Å². The van der Waals surface area contributed by atoms with Crippen molar-refractivity contribution >= 4 is 28.7 Å². The predicted molar refractivity (Wildman–Crippen MR) is 163 cm³/mol. The van der Waals surface area contributed by atoms with E-state index in [9.17, 15) is 9.90 Å². The first-order valence-electron chi connectivity index (χ1n) is 13.7. The summed E-state index contributed by atoms with van der Waals surface area (Å²) in [6.07, 6.45) is 4.00. The number of aliphatic imine (C=N–C) groups is 1. The maximum absolute atomic E-state index is 13.1. The summed E-state index contributed by atoms with van der Waals surface area (Å²) in [5, 5.41) is 13.6. The van der Waals surface area contributed by atoms with Crippen LogP contribution in [-0.4, -0.2) is 52.1 Å². The van der Waals surface area contributed by atoms with E-state index in [0.29, 0.717) is 30.1 Å². The zero-order chi connectivity index (χ0) is 28.2. The van der Waals surface area contributed by atoms with Gasteiger partial charge in [-0.2, -0.15) is 0 Å². The highest BCUT2D eigenvalue weighted by Crippen LogP contribution is 2.30. The van der Waals surface area contributed by atoms with Gasteiger partial charge >= 0.3 is 0 Å². The molecule has 5 aromatic rings. The van der Waals surface area contributed by atoms with Gasteiger partial charge in [-0.1, -0.05) is 42.5 Å². The van der Waals surface area contributed by atoms with Gasteiger partial charge in [-0.05, 0) is 60.4 Å². The average Bonchev–Trinajstić information content (AvgIpc) is 3.68. The molecule has 0 spiro atoms. The fourth-order valence-electron chi connectivity index (χ4n) is 5.09. The van der Waals surface area contributed by atoms with E-state index in [1.54, 1.807) is 12.3 Å². The Morgan fingerprint density at radius 3 is 2.66 bits per heavy atom. The van der Waals surface area contributed by atoms with E-state index >= 15 is 0 Å². The van der Waals surface area contributed by atoms with Crippen LogP contribution in [0.2, 0.25) is 0 Å². The van der Waals surface area contributed by atoms with E-state index < -0.39 is 0 Å². The number of nitrogens with zero attached hydrogens (tertiary/aromatic N) is 3. The number of ether oxygens (including phenoxy) is 1. The molecule has 6 rings (SSSR count). The lowest BCUT2D eigenvalue weighted by atomic mass is 10.1. The summed E-state index contributed by atoms with van der Waals surface area (Å²) in [5.41, 5.74) is 6.56. The summed E-state index contributed by atoms with van der Waals surface area (Å²) in [6, 6.07) is 23.5. The third kappa shape index (κ3) is 5.85. The van der Waals surface area contributed by atoms with Gasteiger partial charge in [0.05, 0.1) is 42.3 Å². The van der Waals surface area contributed by atoms with Gasteiger partial charge in [0.1, 0.15) is 23.7 Å². The van der Waals surface area contributed by atoms with Crippen LogP contribution in [-0.2, 0) is 13.0 Å². The molecular formula is C32H32N6O3. The molecule has 2 aromatic heterocycles. The predicted octanol–water partition coefficient (Wildman–Crippen LogP) is 4.67. The molecule has 1 atom stereocenters. The summed E-state index contributed by atoms with van der Waals surface area (Å²) in [4.78, 5) is 30.4. The molecule has 3 aromatic carbocycles. The number of pyridine rings is 1. The Morgan fingerprint density at radius 1 is 1.07 bits per heavy atom. The molecule has 0 fully saturated rings. The van der Waals surface area contributed by atoms with E-state index in [4.69, 9.17) is 9.72 Å². The number of anilines is 2. The number of aliphatic hydroxyl groups excluding tert-OH is 1. The Hall–Kier alpha value is -4.89. The molecule has 0 saturated carbocycles. The van der Waals surface area contributed by atoms with Crippen LogP contribution in [0, 0.1) is 6.92 Å². The molecule has 1 aliphatic heterocycles. The summed E-state index contributed by atoms with van der Waals surface area (Å²) in [7, 11) is 0. The number of aliphatic hydroxyl groups is 1. The normalized spacial score (nSPS) is 13.6. The third-order valence-corrected chi connectivity index (χ3v) is 7.22. The Morgan fingerprint density at radius 2 is 1.90 bits per heavy atom. The number of imidazole rings is 1. The van der Waals surface area contributed by atoms with Crippen LogP contribution < -0.4 is 20.5 Å². The fraction of sp³-hybridized carbons (Fsp3) is 0.219.